The Morgan fingerprint density at radius 2 is 1.67 bits per heavy atom. The normalized spacial score (nSPS) is 10.9. The standard InChI is InChI=1S/C13H26O2/c1-4-13(14)10-8-6-5-7-9-11-15-12(2)3/h12H,4-11H2,1-3H3. The molecule has 0 aromatic rings. The number of Topliss-reactive ketones (excluding diaryl/α,β-unsaturated/α-hetero) is 1. The molecule has 0 saturated carbocycles. The van der Waals surface area contributed by atoms with Gasteiger partial charge in [-0.05, 0) is 26.7 Å². The molecule has 0 aliphatic rings. The first-order valence-electron chi connectivity index (χ1n) is 6.30. The summed E-state index contributed by atoms with van der Waals surface area (Å²) in [6.45, 7) is 6.95. The van der Waals surface area contributed by atoms with Crippen LogP contribution in [-0.4, -0.2) is 18.5 Å². The van der Waals surface area contributed by atoms with E-state index in [1.54, 1.807) is 0 Å². The highest BCUT2D eigenvalue weighted by atomic mass is 16.5. The smallest absolute Gasteiger partial charge is 0.132 e. The van der Waals surface area contributed by atoms with E-state index in [1.165, 1.54) is 19.3 Å². The van der Waals surface area contributed by atoms with Gasteiger partial charge in [-0.25, -0.2) is 0 Å². The fourth-order valence-electron chi connectivity index (χ4n) is 1.45. The second-order valence-electron chi connectivity index (χ2n) is 4.33. The predicted molar refractivity (Wildman–Crippen MR) is 64.1 cm³/mol. The van der Waals surface area contributed by atoms with E-state index in [4.69, 9.17) is 4.74 Å². The monoisotopic (exact) mass is 214 g/mol. The molecule has 0 fully saturated rings. The molecular weight excluding hydrogens is 188 g/mol. The van der Waals surface area contributed by atoms with Gasteiger partial charge in [0.1, 0.15) is 5.78 Å². The van der Waals surface area contributed by atoms with Crippen LogP contribution < -0.4 is 0 Å². The Hall–Kier alpha value is -0.370. The number of carbonyl (C=O) groups is 1. The number of unbranched alkanes of at least 4 members (excludes halogenated alkanes) is 4. The SMILES string of the molecule is CCC(=O)CCCCCCCOC(C)C. The van der Waals surface area contributed by atoms with Gasteiger partial charge in [0.2, 0.25) is 0 Å². The van der Waals surface area contributed by atoms with E-state index in [0.717, 1.165) is 25.9 Å². The summed E-state index contributed by atoms with van der Waals surface area (Å²) in [5.74, 6) is 0.401. The fraction of sp³-hybridized carbons (Fsp3) is 0.923. The van der Waals surface area contributed by atoms with Crippen molar-refractivity contribution in [1.29, 1.82) is 0 Å². The molecule has 0 N–H and O–H groups in total. The Bertz CT molecular complexity index is 153. The second kappa shape index (κ2) is 10.2. The van der Waals surface area contributed by atoms with Gasteiger partial charge in [-0.15, -0.1) is 0 Å². The largest absolute Gasteiger partial charge is 0.379 e. The van der Waals surface area contributed by atoms with Crippen LogP contribution in [0.15, 0.2) is 0 Å². The summed E-state index contributed by atoms with van der Waals surface area (Å²) in [5.41, 5.74) is 0. The van der Waals surface area contributed by atoms with Crippen LogP contribution in [0.4, 0.5) is 0 Å². The zero-order valence-corrected chi connectivity index (χ0v) is 10.6. The van der Waals surface area contributed by atoms with Gasteiger partial charge < -0.3 is 4.74 Å². The molecule has 0 rings (SSSR count). The van der Waals surface area contributed by atoms with Crippen LogP contribution in [0.2, 0.25) is 0 Å². The summed E-state index contributed by atoms with van der Waals surface area (Å²) in [6, 6.07) is 0. The van der Waals surface area contributed by atoms with Gasteiger partial charge in [0.15, 0.2) is 0 Å². The number of rotatable bonds is 10. The van der Waals surface area contributed by atoms with Gasteiger partial charge >= 0.3 is 0 Å². The summed E-state index contributed by atoms with van der Waals surface area (Å²) in [4.78, 5) is 11.0. The van der Waals surface area contributed by atoms with Crippen molar-refractivity contribution < 1.29 is 9.53 Å². The third kappa shape index (κ3) is 11.6. The Morgan fingerprint density at radius 1 is 1.07 bits per heavy atom. The average molecular weight is 214 g/mol. The fourth-order valence-corrected chi connectivity index (χ4v) is 1.45. The maximum absolute atomic E-state index is 11.0. The van der Waals surface area contributed by atoms with Crippen LogP contribution in [0.5, 0.6) is 0 Å². The number of hydrogen-bond acceptors (Lipinski definition) is 2. The molecule has 0 amide bonds. The summed E-state index contributed by atoms with van der Waals surface area (Å²) < 4.78 is 5.45. The van der Waals surface area contributed by atoms with Gasteiger partial charge in [0, 0.05) is 19.4 Å². The highest BCUT2D eigenvalue weighted by Gasteiger charge is 1.98. The van der Waals surface area contributed by atoms with E-state index >= 15 is 0 Å². The molecule has 2 heteroatoms. The molecule has 0 aromatic carbocycles. The highest BCUT2D eigenvalue weighted by Crippen LogP contribution is 2.07. The van der Waals surface area contributed by atoms with Crippen LogP contribution in [0.3, 0.4) is 0 Å². The van der Waals surface area contributed by atoms with Gasteiger partial charge in [-0.3, -0.25) is 4.79 Å². The van der Waals surface area contributed by atoms with E-state index in [2.05, 4.69) is 13.8 Å². The second-order valence-corrected chi connectivity index (χ2v) is 4.33. The topological polar surface area (TPSA) is 26.3 Å². The number of ether oxygens (including phenoxy) is 1. The maximum Gasteiger partial charge on any atom is 0.132 e. The van der Waals surface area contributed by atoms with Crippen LogP contribution in [0, 0.1) is 0 Å². The van der Waals surface area contributed by atoms with Gasteiger partial charge in [0.25, 0.3) is 0 Å². The van der Waals surface area contributed by atoms with Crippen molar-refractivity contribution in [2.24, 2.45) is 0 Å². The summed E-state index contributed by atoms with van der Waals surface area (Å²) in [5, 5.41) is 0. The number of hydrogen-bond donors (Lipinski definition) is 0. The number of ketones is 1. The van der Waals surface area contributed by atoms with E-state index in [9.17, 15) is 4.79 Å². The first-order chi connectivity index (χ1) is 7.16. The molecule has 0 atom stereocenters. The van der Waals surface area contributed by atoms with Crippen molar-refractivity contribution in [2.75, 3.05) is 6.61 Å². The zero-order chi connectivity index (χ0) is 11.5. The van der Waals surface area contributed by atoms with Crippen molar-refractivity contribution in [1.82, 2.24) is 0 Å². The van der Waals surface area contributed by atoms with Crippen molar-refractivity contribution >= 4 is 5.78 Å². The third-order valence-corrected chi connectivity index (χ3v) is 2.45. The predicted octanol–water partition coefficient (Wildman–Crippen LogP) is 3.73. The Balaban J connectivity index is 3.02. The molecule has 0 aliphatic carbocycles. The molecule has 15 heavy (non-hydrogen) atoms. The lowest BCUT2D eigenvalue weighted by molar-refractivity contribution is -0.118. The van der Waals surface area contributed by atoms with Gasteiger partial charge in [-0.1, -0.05) is 26.2 Å². The summed E-state index contributed by atoms with van der Waals surface area (Å²) in [7, 11) is 0. The molecule has 0 saturated heterocycles. The van der Waals surface area contributed by atoms with E-state index in [0.29, 0.717) is 18.3 Å². The molecule has 0 aliphatic heterocycles. The lowest BCUT2D eigenvalue weighted by Crippen LogP contribution is -2.03. The molecule has 2 nitrogen and oxygen atoms in total. The molecule has 0 radical (unpaired) electrons. The molecule has 0 heterocycles. The molecule has 0 bridgehead atoms. The molecule has 0 aromatic heterocycles. The zero-order valence-electron chi connectivity index (χ0n) is 10.6. The quantitative estimate of drug-likeness (QED) is 0.518. The van der Waals surface area contributed by atoms with Crippen LogP contribution in [0.25, 0.3) is 0 Å². The van der Waals surface area contributed by atoms with E-state index < -0.39 is 0 Å². The van der Waals surface area contributed by atoms with E-state index in [-0.39, 0.29) is 0 Å². The van der Waals surface area contributed by atoms with Crippen LogP contribution in [-0.2, 0) is 9.53 Å². The first-order valence-corrected chi connectivity index (χ1v) is 6.30. The summed E-state index contributed by atoms with van der Waals surface area (Å²) >= 11 is 0. The van der Waals surface area contributed by atoms with Crippen molar-refractivity contribution in [3.05, 3.63) is 0 Å². The van der Waals surface area contributed by atoms with Crippen molar-refractivity contribution in [3.63, 3.8) is 0 Å². The number of carbonyl (C=O) groups excluding carboxylic acids is 1. The molecular formula is C13H26O2. The Kier molecular flexibility index (Phi) is 9.91. The summed E-state index contributed by atoms with van der Waals surface area (Å²) in [6.07, 6.45) is 7.70. The van der Waals surface area contributed by atoms with Gasteiger partial charge in [-0.2, -0.15) is 0 Å². The first kappa shape index (κ1) is 14.6. The Labute approximate surface area is 94.4 Å². The molecule has 90 valence electrons. The molecule has 0 unspecified atom stereocenters. The lowest BCUT2D eigenvalue weighted by atomic mass is 10.1. The minimum absolute atomic E-state index is 0.354. The van der Waals surface area contributed by atoms with Crippen molar-refractivity contribution in [3.8, 4) is 0 Å². The lowest BCUT2D eigenvalue weighted by Gasteiger charge is -2.06. The van der Waals surface area contributed by atoms with Crippen LogP contribution in [0.1, 0.15) is 65.7 Å². The molecule has 0 spiro atoms. The Morgan fingerprint density at radius 3 is 2.27 bits per heavy atom. The third-order valence-electron chi connectivity index (χ3n) is 2.45. The van der Waals surface area contributed by atoms with Crippen LogP contribution >= 0.6 is 0 Å². The van der Waals surface area contributed by atoms with Gasteiger partial charge in [0.05, 0.1) is 6.10 Å². The highest BCUT2D eigenvalue weighted by molar-refractivity contribution is 5.77. The average Bonchev–Trinajstić information content (AvgIpc) is 2.21. The van der Waals surface area contributed by atoms with Crippen molar-refractivity contribution in [2.45, 2.75) is 71.8 Å². The maximum atomic E-state index is 11.0. The van der Waals surface area contributed by atoms with E-state index in [1.807, 2.05) is 6.92 Å². The minimum Gasteiger partial charge on any atom is -0.379 e. The minimum atomic E-state index is 0.354.